The summed E-state index contributed by atoms with van der Waals surface area (Å²) in [5.41, 5.74) is 8.78. The van der Waals surface area contributed by atoms with Crippen molar-refractivity contribution < 1.29 is 0 Å². The van der Waals surface area contributed by atoms with Crippen molar-refractivity contribution in [3.63, 3.8) is 0 Å². The molecule has 2 rings (SSSR count). The van der Waals surface area contributed by atoms with Gasteiger partial charge in [-0.15, -0.1) is 0 Å². The highest BCUT2D eigenvalue weighted by Crippen LogP contribution is 2.19. The van der Waals surface area contributed by atoms with Gasteiger partial charge in [-0.3, -0.25) is 0 Å². The lowest BCUT2D eigenvalue weighted by Gasteiger charge is -2.06. The van der Waals surface area contributed by atoms with Crippen molar-refractivity contribution in [3.05, 3.63) is 47.9 Å². The second kappa shape index (κ2) is 5.06. The molecule has 1 heterocycles. The Labute approximate surface area is 102 Å². The monoisotopic (exact) mass is 227 g/mol. The van der Waals surface area contributed by atoms with Gasteiger partial charge in [0.2, 0.25) is 0 Å². The molecule has 0 saturated heterocycles. The maximum atomic E-state index is 5.58. The first-order valence-electron chi connectivity index (χ1n) is 5.83. The van der Waals surface area contributed by atoms with Gasteiger partial charge in [0.25, 0.3) is 0 Å². The Morgan fingerprint density at radius 1 is 1.12 bits per heavy atom. The molecule has 0 saturated carbocycles. The average molecular weight is 227 g/mol. The highest BCUT2D eigenvalue weighted by molar-refractivity contribution is 5.59. The summed E-state index contributed by atoms with van der Waals surface area (Å²) < 4.78 is 0. The summed E-state index contributed by atoms with van der Waals surface area (Å²) in [6, 6.07) is 10.1. The van der Waals surface area contributed by atoms with E-state index in [1.54, 1.807) is 0 Å². The summed E-state index contributed by atoms with van der Waals surface area (Å²) in [7, 11) is 0. The van der Waals surface area contributed by atoms with Crippen LogP contribution in [0.4, 0.5) is 0 Å². The Morgan fingerprint density at radius 3 is 2.41 bits per heavy atom. The highest BCUT2D eigenvalue weighted by atomic mass is 14.9. The van der Waals surface area contributed by atoms with E-state index >= 15 is 0 Å². The van der Waals surface area contributed by atoms with Crippen LogP contribution in [-0.2, 0) is 6.54 Å². The second-order valence-corrected chi connectivity index (χ2v) is 4.36. The van der Waals surface area contributed by atoms with Gasteiger partial charge in [0.05, 0.1) is 5.69 Å². The number of aromatic nitrogens is 2. The Kier molecular flexibility index (Phi) is 3.49. The molecule has 88 valence electrons. The first kappa shape index (κ1) is 11.7. The third-order valence-corrected chi connectivity index (χ3v) is 2.68. The zero-order chi connectivity index (χ0) is 12.3. The molecule has 1 aromatic heterocycles. The van der Waals surface area contributed by atoms with Crippen LogP contribution >= 0.6 is 0 Å². The van der Waals surface area contributed by atoms with Crippen LogP contribution in [-0.4, -0.2) is 9.97 Å². The Hall–Kier alpha value is -1.74. The maximum absolute atomic E-state index is 5.58. The van der Waals surface area contributed by atoms with Crippen LogP contribution in [0.5, 0.6) is 0 Å². The first-order valence-corrected chi connectivity index (χ1v) is 5.83. The largest absolute Gasteiger partial charge is 0.326 e. The van der Waals surface area contributed by atoms with Crippen LogP contribution in [0.3, 0.4) is 0 Å². The highest BCUT2D eigenvalue weighted by Gasteiger charge is 2.05. The van der Waals surface area contributed by atoms with Crippen molar-refractivity contribution in [1.29, 1.82) is 0 Å². The average Bonchev–Trinajstić information content (AvgIpc) is 2.39. The molecule has 0 amide bonds. The molecule has 0 spiro atoms. The summed E-state index contributed by atoms with van der Waals surface area (Å²) in [5.74, 6) is 1.23. The number of benzene rings is 1. The van der Waals surface area contributed by atoms with Crippen molar-refractivity contribution in [2.45, 2.75) is 26.3 Å². The minimum absolute atomic E-state index is 0.346. The number of rotatable bonds is 3. The molecule has 0 fully saturated rings. The van der Waals surface area contributed by atoms with E-state index in [-0.39, 0.29) is 0 Å². The number of nitrogens with two attached hydrogens (primary N) is 1. The molecule has 2 N–H and O–H groups in total. The molecule has 3 nitrogen and oxygen atoms in total. The van der Waals surface area contributed by atoms with Crippen molar-refractivity contribution >= 4 is 0 Å². The van der Waals surface area contributed by atoms with E-state index < -0.39 is 0 Å². The van der Waals surface area contributed by atoms with E-state index in [0.29, 0.717) is 12.5 Å². The quantitative estimate of drug-likeness (QED) is 0.877. The molecule has 2 aromatic rings. The van der Waals surface area contributed by atoms with Crippen molar-refractivity contribution in [2.24, 2.45) is 5.73 Å². The van der Waals surface area contributed by atoms with Gasteiger partial charge in [0.15, 0.2) is 0 Å². The van der Waals surface area contributed by atoms with E-state index in [0.717, 1.165) is 22.6 Å². The minimum atomic E-state index is 0.346. The van der Waals surface area contributed by atoms with Crippen molar-refractivity contribution in [1.82, 2.24) is 9.97 Å². The SMILES string of the molecule is CC(C)c1nccc(-c2ccc(CN)cc2)n1. The Bertz CT molecular complexity index is 489. The molecular formula is C14H17N3. The molecular weight excluding hydrogens is 210 g/mol. The summed E-state index contributed by atoms with van der Waals surface area (Å²) in [6.07, 6.45) is 1.81. The molecule has 3 heteroatoms. The summed E-state index contributed by atoms with van der Waals surface area (Å²) in [5, 5.41) is 0. The number of hydrogen-bond donors (Lipinski definition) is 1. The van der Waals surface area contributed by atoms with Gasteiger partial charge in [-0.2, -0.15) is 0 Å². The number of hydrogen-bond acceptors (Lipinski definition) is 3. The maximum Gasteiger partial charge on any atom is 0.131 e. The topological polar surface area (TPSA) is 51.8 Å². The second-order valence-electron chi connectivity index (χ2n) is 4.36. The van der Waals surface area contributed by atoms with Crippen LogP contribution in [0.25, 0.3) is 11.3 Å². The third kappa shape index (κ3) is 2.68. The van der Waals surface area contributed by atoms with Gasteiger partial charge in [-0.25, -0.2) is 9.97 Å². The fraction of sp³-hybridized carbons (Fsp3) is 0.286. The normalized spacial score (nSPS) is 10.8. The van der Waals surface area contributed by atoms with E-state index in [2.05, 4.69) is 35.9 Å². The summed E-state index contributed by atoms with van der Waals surface area (Å²) in [4.78, 5) is 8.82. The van der Waals surface area contributed by atoms with E-state index in [1.807, 2.05) is 24.4 Å². The predicted molar refractivity (Wildman–Crippen MR) is 69.4 cm³/mol. The molecule has 0 bridgehead atoms. The first-order chi connectivity index (χ1) is 8.20. The van der Waals surface area contributed by atoms with E-state index in [1.165, 1.54) is 0 Å². The fourth-order valence-corrected chi connectivity index (χ4v) is 1.62. The molecule has 0 aliphatic rings. The molecule has 17 heavy (non-hydrogen) atoms. The van der Waals surface area contributed by atoms with Crippen LogP contribution in [0, 0.1) is 0 Å². The molecule has 0 aliphatic heterocycles. The van der Waals surface area contributed by atoms with Gasteiger partial charge in [0, 0.05) is 24.2 Å². The summed E-state index contributed by atoms with van der Waals surface area (Å²) in [6.45, 7) is 4.76. The Morgan fingerprint density at radius 2 is 1.82 bits per heavy atom. The van der Waals surface area contributed by atoms with Gasteiger partial charge < -0.3 is 5.73 Å². The lowest BCUT2D eigenvalue weighted by Crippen LogP contribution is -1.98. The molecule has 0 aliphatic carbocycles. The van der Waals surface area contributed by atoms with E-state index in [9.17, 15) is 0 Å². The van der Waals surface area contributed by atoms with Gasteiger partial charge in [-0.05, 0) is 11.6 Å². The summed E-state index contributed by atoms with van der Waals surface area (Å²) >= 11 is 0. The van der Waals surface area contributed by atoms with Gasteiger partial charge in [0.1, 0.15) is 5.82 Å². The minimum Gasteiger partial charge on any atom is -0.326 e. The van der Waals surface area contributed by atoms with E-state index in [4.69, 9.17) is 5.73 Å². The zero-order valence-electron chi connectivity index (χ0n) is 10.2. The number of nitrogens with zero attached hydrogens (tertiary/aromatic N) is 2. The van der Waals surface area contributed by atoms with Crippen LogP contribution in [0.1, 0.15) is 31.2 Å². The molecule has 0 unspecified atom stereocenters. The molecule has 1 aromatic carbocycles. The van der Waals surface area contributed by atoms with Crippen molar-refractivity contribution in [3.8, 4) is 11.3 Å². The lowest BCUT2D eigenvalue weighted by atomic mass is 10.1. The van der Waals surface area contributed by atoms with Crippen LogP contribution < -0.4 is 5.73 Å². The van der Waals surface area contributed by atoms with Gasteiger partial charge in [-0.1, -0.05) is 38.1 Å². The molecule has 0 radical (unpaired) electrons. The standard InChI is InChI=1S/C14H17N3/c1-10(2)14-16-8-7-13(17-14)12-5-3-11(9-15)4-6-12/h3-8,10H,9,15H2,1-2H3. The van der Waals surface area contributed by atoms with Gasteiger partial charge >= 0.3 is 0 Å². The molecule has 0 atom stereocenters. The smallest absolute Gasteiger partial charge is 0.131 e. The third-order valence-electron chi connectivity index (χ3n) is 2.68. The van der Waals surface area contributed by atoms with Crippen LogP contribution in [0.2, 0.25) is 0 Å². The predicted octanol–water partition coefficient (Wildman–Crippen LogP) is 2.73. The lowest BCUT2D eigenvalue weighted by molar-refractivity contribution is 0.776. The van der Waals surface area contributed by atoms with Crippen LogP contribution in [0.15, 0.2) is 36.5 Å². The fourth-order valence-electron chi connectivity index (χ4n) is 1.62. The Balaban J connectivity index is 2.35. The van der Waals surface area contributed by atoms with Crippen molar-refractivity contribution in [2.75, 3.05) is 0 Å². The zero-order valence-corrected chi connectivity index (χ0v) is 10.2.